The number of carbonyl (C=O) groups is 2. The van der Waals surface area contributed by atoms with Crippen LogP contribution in [-0.2, 0) is 14.3 Å². The van der Waals surface area contributed by atoms with Gasteiger partial charge in [0.25, 0.3) is 0 Å². The minimum absolute atomic E-state index is 0.0297. The van der Waals surface area contributed by atoms with Crippen molar-refractivity contribution in [3.05, 3.63) is 23.9 Å². The Labute approximate surface area is 197 Å². The Morgan fingerprint density at radius 3 is 2.79 bits per heavy atom. The van der Waals surface area contributed by atoms with Crippen molar-refractivity contribution in [2.45, 2.75) is 44.8 Å². The van der Waals surface area contributed by atoms with Crippen LogP contribution in [0, 0.1) is 5.41 Å². The molecule has 4 aliphatic rings. The van der Waals surface area contributed by atoms with E-state index in [0.717, 1.165) is 54.6 Å². The first kappa shape index (κ1) is 21.5. The lowest BCUT2D eigenvalue weighted by Crippen LogP contribution is -2.38. The largest absolute Gasteiger partial charge is 0.465 e. The van der Waals surface area contributed by atoms with E-state index in [0.29, 0.717) is 45.0 Å². The number of ether oxygens (including phenoxy) is 2. The van der Waals surface area contributed by atoms with Gasteiger partial charge in [0.15, 0.2) is 6.23 Å². The molecule has 3 saturated heterocycles. The molecule has 10 heteroatoms. The Morgan fingerprint density at radius 2 is 2.06 bits per heavy atom. The number of carbonyl (C=O) groups excluding carboxylic acids is 1. The summed E-state index contributed by atoms with van der Waals surface area (Å²) in [4.78, 5) is 32.9. The second-order valence-electron chi connectivity index (χ2n) is 9.65. The molecule has 2 unspecified atom stereocenters. The fourth-order valence-corrected chi connectivity index (χ4v) is 5.71. The highest BCUT2D eigenvalue weighted by Crippen LogP contribution is 2.42. The number of aromatic nitrogens is 3. The van der Waals surface area contributed by atoms with E-state index in [1.54, 1.807) is 4.90 Å². The summed E-state index contributed by atoms with van der Waals surface area (Å²) < 4.78 is 13.5. The van der Waals surface area contributed by atoms with Crippen molar-refractivity contribution in [3.8, 4) is 0 Å². The minimum Gasteiger partial charge on any atom is -0.465 e. The van der Waals surface area contributed by atoms with Gasteiger partial charge in [-0.2, -0.15) is 5.10 Å². The molecular weight excluding hydrogens is 438 g/mol. The van der Waals surface area contributed by atoms with Gasteiger partial charge in [0.05, 0.1) is 24.1 Å². The van der Waals surface area contributed by atoms with Crippen LogP contribution in [0.5, 0.6) is 0 Å². The summed E-state index contributed by atoms with van der Waals surface area (Å²) in [5.41, 5.74) is 2.96. The van der Waals surface area contributed by atoms with E-state index in [-0.39, 0.29) is 18.7 Å². The third kappa shape index (κ3) is 3.47. The first-order chi connectivity index (χ1) is 16.6. The zero-order valence-corrected chi connectivity index (χ0v) is 19.1. The SMILES string of the molecule is O=C(O)N1CCC2(CCN(c3ccc4c(n3)c(C3=CCOCC3)nn4C3CCCCO3)C2=O)C1. The topological polar surface area (TPSA) is 110 Å². The van der Waals surface area contributed by atoms with Crippen LogP contribution in [0.4, 0.5) is 10.6 Å². The predicted octanol–water partition coefficient (Wildman–Crippen LogP) is 3.04. The number of fused-ring (bicyclic) bond motifs is 1. The maximum Gasteiger partial charge on any atom is 0.407 e. The molecular formula is C24H29N5O5. The first-order valence-corrected chi connectivity index (χ1v) is 12.1. The molecule has 180 valence electrons. The average molecular weight is 468 g/mol. The summed E-state index contributed by atoms with van der Waals surface area (Å²) in [6.45, 7) is 3.12. The number of rotatable bonds is 3. The number of amides is 2. The number of carboxylic acid groups (broad SMARTS) is 1. The van der Waals surface area contributed by atoms with Gasteiger partial charge in [-0.1, -0.05) is 6.08 Å². The van der Waals surface area contributed by atoms with Crippen LogP contribution in [0.15, 0.2) is 18.2 Å². The fourth-order valence-electron chi connectivity index (χ4n) is 5.71. The van der Waals surface area contributed by atoms with Crippen molar-refractivity contribution in [1.29, 1.82) is 0 Å². The van der Waals surface area contributed by atoms with E-state index in [9.17, 15) is 14.7 Å². The molecule has 2 amide bonds. The van der Waals surface area contributed by atoms with E-state index in [2.05, 4.69) is 6.08 Å². The molecule has 6 heterocycles. The Bertz CT molecular complexity index is 1170. The summed E-state index contributed by atoms with van der Waals surface area (Å²) in [6, 6.07) is 3.87. The Morgan fingerprint density at radius 1 is 1.18 bits per heavy atom. The van der Waals surface area contributed by atoms with Gasteiger partial charge in [0.2, 0.25) is 5.91 Å². The van der Waals surface area contributed by atoms with Gasteiger partial charge in [-0.25, -0.2) is 14.5 Å². The number of nitrogens with zero attached hydrogens (tertiary/aromatic N) is 5. The third-order valence-corrected chi connectivity index (χ3v) is 7.65. The lowest BCUT2D eigenvalue weighted by molar-refractivity contribution is -0.124. The van der Waals surface area contributed by atoms with Crippen LogP contribution in [0.3, 0.4) is 0 Å². The molecule has 0 saturated carbocycles. The molecule has 34 heavy (non-hydrogen) atoms. The summed E-state index contributed by atoms with van der Waals surface area (Å²) in [5, 5.41) is 14.3. The second kappa shape index (κ2) is 8.35. The maximum absolute atomic E-state index is 13.5. The predicted molar refractivity (Wildman–Crippen MR) is 123 cm³/mol. The molecule has 2 aromatic heterocycles. The van der Waals surface area contributed by atoms with Crippen molar-refractivity contribution >= 4 is 34.4 Å². The molecule has 0 aromatic carbocycles. The normalized spacial score (nSPS) is 27.7. The highest BCUT2D eigenvalue weighted by molar-refractivity contribution is 6.01. The van der Waals surface area contributed by atoms with E-state index in [1.165, 1.54) is 4.90 Å². The number of pyridine rings is 1. The van der Waals surface area contributed by atoms with Gasteiger partial charge in [-0.05, 0) is 56.2 Å². The van der Waals surface area contributed by atoms with Crippen molar-refractivity contribution in [1.82, 2.24) is 19.7 Å². The van der Waals surface area contributed by atoms with Gasteiger partial charge in [0, 0.05) is 26.2 Å². The third-order valence-electron chi connectivity index (χ3n) is 7.65. The van der Waals surface area contributed by atoms with Crippen LogP contribution < -0.4 is 4.90 Å². The molecule has 1 N–H and O–H groups in total. The number of hydrogen-bond donors (Lipinski definition) is 1. The standard InChI is InChI=1S/C24H29N5O5/c30-22-24(8-10-27(15-24)23(31)32)9-11-28(22)18-5-4-17-21(25-18)20(16-6-13-33-14-7-16)26-29(17)19-3-1-2-12-34-19/h4-6,19H,1-3,7-15H2,(H,31,32). The van der Waals surface area contributed by atoms with Crippen molar-refractivity contribution in [2.24, 2.45) is 5.41 Å². The zero-order valence-electron chi connectivity index (χ0n) is 19.1. The summed E-state index contributed by atoms with van der Waals surface area (Å²) >= 11 is 0. The van der Waals surface area contributed by atoms with Gasteiger partial charge in [-0.15, -0.1) is 0 Å². The van der Waals surface area contributed by atoms with Crippen LogP contribution in [0.25, 0.3) is 16.6 Å². The summed E-state index contributed by atoms with van der Waals surface area (Å²) in [5.74, 6) is 0.569. The van der Waals surface area contributed by atoms with Crippen LogP contribution in [0.2, 0.25) is 0 Å². The fraction of sp³-hybridized carbons (Fsp3) is 0.583. The number of hydrogen-bond acceptors (Lipinski definition) is 6. The quantitative estimate of drug-likeness (QED) is 0.739. The van der Waals surface area contributed by atoms with Crippen molar-refractivity contribution < 1.29 is 24.2 Å². The van der Waals surface area contributed by atoms with E-state index < -0.39 is 11.5 Å². The summed E-state index contributed by atoms with van der Waals surface area (Å²) in [7, 11) is 0. The van der Waals surface area contributed by atoms with Crippen LogP contribution in [-0.4, -0.2) is 76.2 Å². The second-order valence-corrected chi connectivity index (χ2v) is 9.65. The summed E-state index contributed by atoms with van der Waals surface area (Å²) in [6.07, 6.45) is 6.01. The van der Waals surface area contributed by atoms with E-state index in [1.807, 2.05) is 16.8 Å². The monoisotopic (exact) mass is 467 g/mol. The molecule has 2 atom stereocenters. The van der Waals surface area contributed by atoms with Crippen LogP contribution in [0.1, 0.15) is 50.4 Å². The molecule has 4 aliphatic heterocycles. The van der Waals surface area contributed by atoms with Crippen LogP contribution >= 0.6 is 0 Å². The van der Waals surface area contributed by atoms with E-state index >= 15 is 0 Å². The Hall–Kier alpha value is -2.98. The van der Waals surface area contributed by atoms with Gasteiger partial charge in [0.1, 0.15) is 17.0 Å². The molecule has 10 nitrogen and oxygen atoms in total. The molecule has 6 rings (SSSR count). The molecule has 0 bridgehead atoms. The Balaban J connectivity index is 1.37. The maximum atomic E-state index is 13.5. The van der Waals surface area contributed by atoms with Gasteiger partial charge in [-0.3, -0.25) is 9.69 Å². The molecule has 2 aromatic rings. The van der Waals surface area contributed by atoms with Gasteiger partial charge < -0.3 is 19.5 Å². The molecule has 0 aliphatic carbocycles. The molecule has 0 radical (unpaired) electrons. The average Bonchev–Trinajstić information content (AvgIpc) is 3.56. The Kier molecular flexibility index (Phi) is 5.29. The van der Waals surface area contributed by atoms with Crippen molar-refractivity contribution in [3.63, 3.8) is 0 Å². The highest BCUT2D eigenvalue weighted by atomic mass is 16.5. The van der Waals surface area contributed by atoms with E-state index in [4.69, 9.17) is 19.6 Å². The minimum atomic E-state index is -0.964. The number of likely N-dealkylation sites (tertiary alicyclic amines) is 1. The van der Waals surface area contributed by atoms with Crippen molar-refractivity contribution in [2.75, 3.05) is 44.4 Å². The first-order valence-electron chi connectivity index (χ1n) is 12.1. The lowest BCUT2D eigenvalue weighted by Gasteiger charge is -2.24. The molecule has 1 spiro atoms. The zero-order chi connectivity index (χ0) is 23.3. The smallest absolute Gasteiger partial charge is 0.407 e. The lowest BCUT2D eigenvalue weighted by atomic mass is 9.85. The number of anilines is 1. The van der Waals surface area contributed by atoms with Gasteiger partial charge >= 0.3 is 6.09 Å². The molecule has 3 fully saturated rings. The highest BCUT2D eigenvalue weighted by Gasteiger charge is 2.52.